The molecule has 2 saturated heterocycles. The fraction of sp³-hybridized carbons (Fsp3) is 0.550. The number of nitrogens with one attached hydrogen (secondary N) is 2. The molecule has 1 atom stereocenters. The number of anilines is 1. The van der Waals surface area contributed by atoms with Gasteiger partial charge < -0.3 is 20.3 Å². The Bertz CT molecular complexity index is 1210. The summed E-state index contributed by atoms with van der Waals surface area (Å²) in [5, 5.41) is 6.34. The summed E-state index contributed by atoms with van der Waals surface area (Å²) in [5.74, 6) is -0.504. The number of fused-ring (bicyclic) bond motifs is 1. The average molecular weight is 521 g/mol. The predicted molar refractivity (Wildman–Crippen MR) is 120 cm³/mol. The first-order chi connectivity index (χ1) is 16.0. The van der Waals surface area contributed by atoms with Crippen molar-refractivity contribution >= 4 is 49.2 Å². The lowest BCUT2D eigenvalue weighted by Gasteiger charge is -2.33. The molecule has 2 aromatic rings. The summed E-state index contributed by atoms with van der Waals surface area (Å²) < 4.78 is 69.5. The van der Waals surface area contributed by atoms with Crippen LogP contribution in [-0.2, 0) is 20.8 Å². The van der Waals surface area contributed by atoms with Crippen molar-refractivity contribution < 1.29 is 35.9 Å². The molecular weight excluding hydrogens is 497 g/mol. The number of thiophene rings is 1. The van der Waals surface area contributed by atoms with Crippen LogP contribution in [0, 0.1) is 0 Å². The summed E-state index contributed by atoms with van der Waals surface area (Å²) in [5.41, 5.74) is -0.769. The van der Waals surface area contributed by atoms with Crippen LogP contribution < -0.4 is 15.5 Å². The van der Waals surface area contributed by atoms with Gasteiger partial charge in [-0.05, 0) is 12.5 Å². The molecule has 186 valence electrons. The van der Waals surface area contributed by atoms with Crippen molar-refractivity contribution in [2.75, 3.05) is 36.5 Å². The van der Waals surface area contributed by atoms with Gasteiger partial charge in [0, 0.05) is 44.4 Å². The van der Waals surface area contributed by atoms with Gasteiger partial charge in [-0.2, -0.15) is 13.2 Å². The van der Waals surface area contributed by atoms with Crippen LogP contribution in [0.15, 0.2) is 11.4 Å². The Kier molecular flexibility index (Phi) is 6.64. The number of ether oxygens (including phenoxy) is 1. The number of hydrogen-bond acceptors (Lipinski definition) is 8. The largest absolute Gasteiger partial charge is 0.446 e. The maximum absolute atomic E-state index is 13.7. The first-order valence-electron chi connectivity index (χ1n) is 10.6. The molecule has 0 radical (unpaired) electrons. The van der Waals surface area contributed by atoms with Gasteiger partial charge in [0.15, 0.2) is 9.84 Å². The number of carbonyl (C=O) groups excluding carboxylic acids is 2. The van der Waals surface area contributed by atoms with Crippen LogP contribution in [0.25, 0.3) is 10.2 Å². The fourth-order valence-electron chi connectivity index (χ4n) is 4.13. The van der Waals surface area contributed by atoms with Gasteiger partial charge in [-0.1, -0.05) is 0 Å². The van der Waals surface area contributed by atoms with Gasteiger partial charge in [0.2, 0.25) is 0 Å². The molecule has 4 rings (SSSR count). The summed E-state index contributed by atoms with van der Waals surface area (Å²) in [7, 11) is -1.74. The molecule has 2 amide bonds. The number of piperidine rings is 1. The van der Waals surface area contributed by atoms with E-state index in [1.54, 1.807) is 4.90 Å². The first-order valence-corrected chi connectivity index (χ1v) is 13.3. The minimum atomic E-state index is -4.62. The van der Waals surface area contributed by atoms with E-state index in [4.69, 9.17) is 4.74 Å². The molecule has 2 fully saturated rings. The second-order valence-electron chi connectivity index (χ2n) is 8.27. The lowest BCUT2D eigenvalue weighted by atomic mass is 10.1. The van der Waals surface area contributed by atoms with Crippen molar-refractivity contribution in [3.63, 3.8) is 0 Å². The lowest BCUT2D eigenvalue weighted by molar-refractivity contribution is -0.136. The van der Waals surface area contributed by atoms with E-state index in [0.717, 1.165) is 17.4 Å². The zero-order valence-electron chi connectivity index (χ0n) is 18.1. The van der Waals surface area contributed by atoms with Crippen LogP contribution in [0.3, 0.4) is 0 Å². The maximum atomic E-state index is 13.7. The van der Waals surface area contributed by atoms with Gasteiger partial charge in [0.1, 0.15) is 11.9 Å². The third-order valence-electron chi connectivity index (χ3n) is 5.88. The van der Waals surface area contributed by atoms with E-state index in [9.17, 15) is 31.2 Å². The third-order valence-corrected chi connectivity index (χ3v) is 8.65. The zero-order chi connectivity index (χ0) is 24.7. The van der Waals surface area contributed by atoms with Crippen molar-refractivity contribution in [3.05, 3.63) is 22.6 Å². The smallest absolute Gasteiger partial charge is 0.417 e. The van der Waals surface area contributed by atoms with Crippen LogP contribution in [0.1, 0.15) is 35.2 Å². The second kappa shape index (κ2) is 9.21. The Hall–Kier alpha value is -2.61. The molecule has 0 aliphatic carbocycles. The van der Waals surface area contributed by atoms with E-state index in [2.05, 4.69) is 15.6 Å². The summed E-state index contributed by atoms with van der Waals surface area (Å²) >= 11 is 0.822. The first kappa shape index (κ1) is 24.5. The minimum absolute atomic E-state index is 0.00144. The van der Waals surface area contributed by atoms with Gasteiger partial charge in [-0.25, -0.2) is 18.2 Å². The molecule has 2 aliphatic rings. The van der Waals surface area contributed by atoms with E-state index in [-0.39, 0.29) is 33.1 Å². The lowest BCUT2D eigenvalue weighted by Crippen LogP contribution is -2.42. The topological polar surface area (TPSA) is 118 Å². The quantitative estimate of drug-likeness (QED) is 0.636. The summed E-state index contributed by atoms with van der Waals surface area (Å²) in [6.07, 6.45) is -4.71. The number of amides is 2. The monoisotopic (exact) mass is 520 g/mol. The number of hydrogen-bond donors (Lipinski definition) is 2. The van der Waals surface area contributed by atoms with Gasteiger partial charge in [0.05, 0.1) is 32.8 Å². The number of alkyl carbamates (subject to hydrolysis) is 1. The number of pyridine rings is 1. The molecule has 9 nitrogen and oxygen atoms in total. The Morgan fingerprint density at radius 1 is 1.24 bits per heavy atom. The average Bonchev–Trinajstić information content (AvgIpc) is 3.34. The Morgan fingerprint density at radius 2 is 1.94 bits per heavy atom. The molecule has 34 heavy (non-hydrogen) atoms. The van der Waals surface area contributed by atoms with Gasteiger partial charge in [-0.3, -0.25) is 4.79 Å². The highest BCUT2D eigenvalue weighted by Gasteiger charge is 2.36. The summed E-state index contributed by atoms with van der Waals surface area (Å²) in [6, 6.07) is 0.510. The summed E-state index contributed by atoms with van der Waals surface area (Å²) in [6.45, 7) is 0.593. The molecule has 0 aromatic carbocycles. The van der Waals surface area contributed by atoms with Gasteiger partial charge >= 0.3 is 12.3 Å². The molecule has 2 aliphatic heterocycles. The number of nitrogens with zero attached hydrogens (tertiary/aromatic N) is 2. The number of alkyl halides is 3. The highest BCUT2D eigenvalue weighted by atomic mass is 32.2. The van der Waals surface area contributed by atoms with E-state index in [0.29, 0.717) is 32.4 Å². The molecule has 0 saturated carbocycles. The van der Waals surface area contributed by atoms with E-state index >= 15 is 0 Å². The van der Waals surface area contributed by atoms with Crippen molar-refractivity contribution in [1.29, 1.82) is 0 Å². The van der Waals surface area contributed by atoms with Crippen molar-refractivity contribution in [1.82, 2.24) is 15.6 Å². The van der Waals surface area contributed by atoms with Crippen LogP contribution in [0.2, 0.25) is 0 Å². The molecule has 2 N–H and O–H groups in total. The number of rotatable bonds is 4. The number of aromatic nitrogens is 1. The van der Waals surface area contributed by atoms with Crippen LogP contribution >= 0.6 is 11.3 Å². The SMILES string of the molecule is CNC(=O)c1csc2c(C(F)(F)F)cc(N3CCC(OC(=O)NC4CCS(=O)(=O)C4)CC3)nc12. The van der Waals surface area contributed by atoms with Crippen LogP contribution in [0.5, 0.6) is 0 Å². The number of sulfone groups is 1. The van der Waals surface area contributed by atoms with Crippen LogP contribution in [-0.4, -0.2) is 69.2 Å². The Labute approximate surface area is 197 Å². The van der Waals surface area contributed by atoms with Gasteiger partial charge in [0.25, 0.3) is 5.91 Å². The highest BCUT2D eigenvalue weighted by molar-refractivity contribution is 7.91. The third kappa shape index (κ3) is 5.22. The highest BCUT2D eigenvalue weighted by Crippen LogP contribution is 2.40. The molecular formula is C20H23F3N4O5S2. The molecule has 4 heterocycles. The minimum Gasteiger partial charge on any atom is -0.446 e. The molecule has 2 aromatic heterocycles. The molecule has 0 bridgehead atoms. The number of carbonyl (C=O) groups is 2. The predicted octanol–water partition coefficient (Wildman–Crippen LogP) is 2.56. The summed E-state index contributed by atoms with van der Waals surface area (Å²) in [4.78, 5) is 30.3. The van der Waals surface area contributed by atoms with E-state index in [1.165, 1.54) is 12.4 Å². The molecule has 0 spiro atoms. The Balaban J connectivity index is 1.45. The van der Waals surface area contributed by atoms with E-state index < -0.39 is 45.7 Å². The molecule has 1 unspecified atom stereocenters. The zero-order valence-corrected chi connectivity index (χ0v) is 19.8. The Morgan fingerprint density at radius 3 is 2.53 bits per heavy atom. The van der Waals surface area contributed by atoms with Crippen molar-refractivity contribution in [3.8, 4) is 0 Å². The van der Waals surface area contributed by atoms with Crippen LogP contribution in [0.4, 0.5) is 23.8 Å². The molecule has 14 heteroatoms. The number of halogens is 3. The van der Waals surface area contributed by atoms with Gasteiger partial charge in [-0.15, -0.1) is 11.3 Å². The normalized spacial score (nSPS) is 20.9. The maximum Gasteiger partial charge on any atom is 0.417 e. The van der Waals surface area contributed by atoms with Crippen molar-refractivity contribution in [2.45, 2.75) is 37.6 Å². The standard InChI is InChI=1S/C20H23F3N4O5S2/c1-24-18(28)13-9-33-17-14(20(21,22)23)8-15(26-16(13)17)27-5-2-12(3-6-27)32-19(29)25-11-4-7-34(30,31)10-11/h8-9,11-12H,2-7,10H2,1H3,(H,24,28)(H,25,29). The van der Waals surface area contributed by atoms with Crippen molar-refractivity contribution in [2.24, 2.45) is 0 Å². The second-order valence-corrected chi connectivity index (χ2v) is 11.4. The fourth-order valence-corrected chi connectivity index (χ4v) is 6.82. The van der Waals surface area contributed by atoms with E-state index in [1.807, 2.05) is 0 Å².